The van der Waals surface area contributed by atoms with Crippen molar-refractivity contribution in [1.29, 1.82) is 0 Å². The van der Waals surface area contributed by atoms with Crippen LogP contribution < -0.4 is 11.0 Å². The lowest BCUT2D eigenvalue weighted by Gasteiger charge is -2.32. The van der Waals surface area contributed by atoms with Gasteiger partial charge in [0.15, 0.2) is 5.65 Å². The molecule has 21 heavy (non-hydrogen) atoms. The second-order valence-corrected chi connectivity index (χ2v) is 5.29. The molecule has 0 saturated carbocycles. The number of hydrogen-bond acceptors (Lipinski definition) is 5. The molecule has 1 atom stereocenters. The van der Waals surface area contributed by atoms with Gasteiger partial charge in [0.2, 0.25) is 0 Å². The summed E-state index contributed by atoms with van der Waals surface area (Å²) in [7, 11) is 1.93. The first-order valence-corrected chi connectivity index (χ1v) is 7.30. The van der Waals surface area contributed by atoms with Gasteiger partial charge in [-0.3, -0.25) is 9.30 Å². The summed E-state index contributed by atoms with van der Waals surface area (Å²) >= 11 is 0. The molecule has 3 rings (SSSR count). The Hall–Kier alpha value is -1.70. The maximum Gasteiger partial charge on any atom is 0.350 e. The first-order valence-electron chi connectivity index (χ1n) is 7.30. The number of aromatic nitrogens is 3. The van der Waals surface area contributed by atoms with Crippen molar-refractivity contribution in [2.75, 3.05) is 39.8 Å². The second-order valence-electron chi connectivity index (χ2n) is 5.29. The summed E-state index contributed by atoms with van der Waals surface area (Å²) in [5.74, 6) is 0. The monoisotopic (exact) mass is 291 g/mol. The molecule has 7 heteroatoms. The molecular formula is C14H21N5O2. The van der Waals surface area contributed by atoms with Crippen LogP contribution in [-0.4, -0.2) is 65.0 Å². The Morgan fingerprint density at radius 1 is 1.43 bits per heavy atom. The molecule has 0 aliphatic carbocycles. The fourth-order valence-corrected chi connectivity index (χ4v) is 2.68. The molecule has 0 amide bonds. The summed E-state index contributed by atoms with van der Waals surface area (Å²) in [5, 5.41) is 7.48. The lowest BCUT2D eigenvalue weighted by molar-refractivity contribution is -0.0274. The van der Waals surface area contributed by atoms with E-state index in [1.165, 1.54) is 4.68 Å². The van der Waals surface area contributed by atoms with Crippen LogP contribution in [0.25, 0.3) is 5.65 Å². The van der Waals surface area contributed by atoms with Crippen LogP contribution >= 0.6 is 0 Å². The molecule has 1 saturated heterocycles. The van der Waals surface area contributed by atoms with Gasteiger partial charge in [0.1, 0.15) is 0 Å². The Labute approximate surface area is 123 Å². The van der Waals surface area contributed by atoms with Crippen molar-refractivity contribution in [3.05, 3.63) is 34.9 Å². The van der Waals surface area contributed by atoms with Crippen molar-refractivity contribution in [3.63, 3.8) is 0 Å². The minimum atomic E-state index is -0.0781. The predicted molar refractivity (Wildman–Crippen MR) is 79.6 cm³/mol. The topological polar surface area (TPSA) is 63.8 Å². The van der Waals surface area contributed by atoms with E-state index in [0.29, 0.717) is 12.2 Å². The quantitative estimate of drug-likeness (QED) is 0.798. The van der Waals surface area contributed by atoms with Crippen molar-refractivity contribution < 1.29 is 4.74 Å². The third kappa shape index (κ3) is 3.15. The van der Waals surface area contributed by atoms with Gasteiger partial charge < -0.3 is 10.1 Å². The van der Waals surface area contributed by atoms with Gasteiger partial charge in [0, 0.05) is 32.4 Å². The highest BCUT2D eigenvalue weighted by Gasteiger charge is 2.19. The van der Waals surface area contributed by atoms with Crippen LogP contribution in [0.5, 0.6) is 0 Å². The third-order valence-electron chi connectivity index (χ3n) is 3.77. The van der Waals surface area contributed by atoms with Crippen molar-refractivity contribution in [2.24, 2.45) is 0 Å². The first-order chi connectivity index (χ1) is 10.3. The lowest BCUT2D eigenvalue weighted by atomic mass is 10.2. The highest BCUT2D eigenvalue weighted by Crippen LogP contribution is 2.04. The minimum Gasteiger partial charge on any atom is -0.374 e. The number of rotatable bonds is 5. The number of nitrogens with zero attached hydrogens (tertiary/aromatic N) is 4. The van der Waals surface area contributed by atoms with Crippen LogP contribution in [0.3, 0.4) is 0 Å². The minimum absolute atomic E-state index is 0.0781. The molecule has 1 N–H and O–H groups in total. The average Bonchev–Trinajstić information content (AvgIpc) is 2.83. The number of ether oxygens (including phenoxy) is 1. The number of morpholine rings is 1. The fraction of sp³-hybridized carbons (Fsp3) is 0.571. The summed E-state index contributed by atoms with van der Waals surface area (Å²) in [5.41, 5.74) is 0.614. The second kappa shape index (κ2) is 6.38. The van der Waals surface area contributed by atoms with Gasteiger partial charge in [-0.25, -0.2) is 9.48 Å². The van der Waals surface area contributed by atoms with Crippen LogP contribution in [0.1, 0.15) is 0 Å². The summed E-state index contributed by atoms with van der Waals surface area (Å²) in [4.78, 5) is 14.5. The standard InChI is InChI=1S/C14H21N5O2/c1-15-10-12-11-17(8-9-21-12)6-7-19-14(20)18-5-3-2-4-13(18)16-19/h2-5,12,15H,6-11H2,1H3. The van der Waals surface area contributed by atoms with Gasteiger partial charge in [-0.15, -0.1) is 5.10 Å². The van der Waals surface area contributed by atoms with Gasteiger partial charge in [-0.2, -0.15) is 0 Å². The van der Waals surface area contributed by atoms with Crippen molar-refractivity contribution >= 4 is 5.65 Å². The Bertz CT molecular complexity index is 648. The summed E-state index contributed by atoms with van der Waals surface area (Å²) < 4.78 is 8.79. The molecule has 0 radical (unpaired) electrons. The van der Waals surface area contributed by atoms with Gasteiger partial charge in [0.05, 0.1) is 19.3 Å². The summed E-state index contributed by atoms with van der Waals surface area (Å²) in [6, 6.07) is 5.57. The maximum absolute atomic E-state index is 12.2. The Morgan fingerprint density at radius 3 is 3.14 bits per heavy atom. The number of pyridine rings is 1. The van der Waals surface area contributed by atoms with Crippen LogP contribution in [-0.2, 0) is 11.3 Å². The Morgan fingerprint density at radius 2 is 2.33 bits per heavy atom. The zero-order valence-electron chi connectivity index (χ0n) is 12.2. The molecule has 7 nitrogen and oxygen atoms in total. The number of fused-ring (bicyclic) bond motifs is 1. The SMILES string of the molecule is CNCC1CN(CCn2nc3ccccn3c2=O)CCO1. The van der Waals surface area contributed by atoms with Crippen LogP contribution in [0, 0.1) is 0 Å². The number of likely N-dealkylation sites (N-methyl/N-ethyl adjacent to an activating group) is 1. The van der Waals surface area contributed by atoms with Crippen LogP contribution in [0.15, 0.2) is 29.2 Å². The zero-order valence-corrected chi connectivity index (χ0v) is 12.2. The van der Waals surface area contributed by atoms with Gasteiger partial charge in [0.25, 0.3) is 0 Å². The number of hydrogen-bond donors (Lipinski definition) is 1. The van der Waals surface area contributed by atoms with E-state index in [4.69, 9.17) is 4.74 Å². The van der Waals surface area contributed by atoms with Crippen molar-refractivity contribution in [2.45, 2.75) is 12.6 Å². The van der Waals surface area contributed by atoms with Gasteiger partial charge in [-0.1, -0.05) is 6.07 Å². The van der Waals surface area contributed by atoms with E-state index in [0.717, 1.165) is 32.8 Å². The molecular weight excluding hydrogens is 270 g/mol. The smallest absolute Gasteiger partial charge is 0.350 e. The third-order valence-corrected chi connectivity index (χ3v) is 3.77. The van der Waals surface area contributed by atoms with Crippen molar-refractivity contribution in [1.82, 2.24) is 24.4 Å². The first kappa shape index (κ1) is 14.2. The average molecular weight is 291 g/mol. The predicted octanol–water partition coefficient (Wildman–Crippen LogP) is -0.584. The summed E-state index contributed by atoms with van der Waals surface area (Å²) in [6.07, 6.45) is 1.97. The molecule has 114 valence electrons. The molecule has 2 aromatic rings. The molecule has 1 unspecified atom stereocenters. The van der Waals surface area contributed by atoms with Crippen LogP contribution in [0.4, 0.5) is 0 Å². The Balaban J connectivity index is 1.63. The maximum atomic E-state index is 12.2. The van der Waals surface area contributed by atoms with E-state index in [9.17, 15) is 4.79 Å². The lowest BCUT2D eigenvalue weighted by Crippen LogP contribution is -2.47. The van der Waals surface area contributed by atoms with E-state index in [1.54, 1.807) is 10.6 Å². The van der Waals surface area contributed by atoms with Gasteiger partial charge in [-0.05, 0) is 19.2 Å². The van der Waals surface area contributed by atoms with Crippen molar-refractivity contribution in [3.8, 4) is 0 Å². The molecule has 0 bridgehead atoms. The number of nitrogens with one attached hydrogen (secondary N) is 1. The Kier molecular flexibility index (Phi) is 4.33. The van der Waals surface area contributed by atoms with E-state index in [1.807, 2.05) is 25.2 Å². The highest BCUT2D eigenvalue weighted by molar-refractivity contribution is 5.35. The molecule has 1 aliphatic heterocycles. The molecule has 3 heterocycles. The molecule has 1 fully saturated rings. The molecule has 2 aromatic heterocycles. The zero-order chi connectivity index (χ0) is 14.7. The van der Waals surface area contributed by atoms with E-state index < -0.39 is 0 Å². The molecule has 0 spiro atoms. The van der Waals surface area contributed by atoms with E-state index in [-0.39, 0.29) is 11.8 Å². The van der Waals surface area contributed by atoms with E-state index >= 15 is 0 Å². The molecule has 0 aromatic carbocycles. The summed E-state index contributed by atoms with van der Waals surface area (Å²) in [6.45, 7) is 4.81. The normalized spacial score (nSPS) is 20.1. The van der Waals surface area contributed by atoms with Crippen LogP contribution in [0.2, 0.25) is 0 Å². The fourth-order valence-electron chi connectivity index (χ4n) is 2.68. The van der Waals surface area contributed by atoms with Gasteiger partial charge >= 0.3 is 5.69 Å². The highest BCUT2D eigenvalue weighted by atomic mass is 16.5. The van der Waals surface area contributed by atoms with E-state index in [2.05, 4.69) is 15.3 Å². The largest absolute Gasteiger partial charge is 0.374 e. The molecule has 1 aliphatic rings.